The van der Waals surface area contributed by atoms with Crippen molar-refractivity contribution in [2.24, 2.45) is 11.7 Å². The van der Waals surface area contributed by atoms with Crippen molar-refractivity contribution >= 4 is 34.2 Å². The van der Waals surface area contributed by atoms with E-state index in [0.717, 1.165) is 15.9 Å². The van der Waals surface area contributed by atoms with Gasteiger partial charge in [-0.3, -0.25) is 4.79 Å². The molecule has 3 rings (SSSR count). The van der Waals surface area contributed by atoms with Crippen LogP contribution in [0, 0.1) is 12.8 Å². The second-order valence-corrected chi connectivity index (χ2v) is 6.66. The topological polar surface area (TPSA) is 72.9 Å². The fraction of sp³-hybridized carbons (Fsp3) is 0.375. The normalized spacial score (nSPS) is 14.9. The third kappa shape index (κ3) is 4.13. The van der Waals surface area contributed by atoms with Crippen molar-refractivity contribution in [3.8, 4) is 5.69 Å². The molecule has 1 saturated carbocycles. The van der Waals surface area contributed by atoms with Crippen LogP contribution in [0.5, 0.6) is 0 Å². The SMILES string of the molecule is Cc1c(C(=O)NCC(N)C2CC2)cnn1-c1cccc(Br)c1.Cl. The lowest BCUT2D eigenvalue weighted by atomic mass is 10.2. The number of carbonyl (C=O) groups excluding carboxylic acids is 1. The number of benzene rings is 1. The zero-order valence-corrected chi connectivity index (χ0v) is 15.2. The minimum atomic E-state index is -0.116. The molecule has 0 bridgehead atoms. The van der Waals surface area contributed by atoms with E-state index < -0.39 is 0 Å². The van der Waals surface area contributed by atoms with Gasteiger partial charge in [0.25, 0.3) is 5.91 Å². The molecule has 0 spiro atoms. The van der Waals surface area contributed by atoms with Gasteiger partial charge in [0.2, 0.25) is 0 Å². The van der Waals surface area contributed by atoms with Crippen LogP contribution in [0.15, 0.2) is 34.9 Å². The van der Waals surface area contributed by atoms with E-state index in [1.54, 1.807) is 10.9 Å². The molecule has 1 atom stereocenters. The maximum Gasteiger partial charge on any atom is 0.254 e. The summed E-state index contributed by atoms with van der Waals surface area (Å²) in [5.41, 5.74) is 8.33. The molecule has 7 heteroatoms. The molecule has 0 saturated heterocycles. The molecule has 1 fully saturated rings. The fourth-order valence-electron chi connectivity index (χ4n) is 2.50. The molecule has 0 aliphatic heterocycles. The van der Waals surface area contributed by atoms with Crippen molar-refractivity contribution < 1.29 is 4.79 Å². The summed E-state index contributed by atoms with van der Waals surface area (Å²) in [6, 6.07) is 7.87. The number of nitrogens with one attached hydrogen (secondary N) is 1. The average Bonchev–Trinajstić information content (AvgIpc) is 3.27. The standard InChI is InChI=1S/C16H19BrN4O.ClH/c1-10-14(16(22)19-9-15(18)11-5-6-11)8-20-21(10)13-4-2-3-12(17)7-13;/h2-4,7-8,11,15H,5-6,9,18H2,1H3,(H,19,22);1H. The molecule has 1 aliphatic carbocycles. The first-order valence-electron chi connectivity index (χ1n) is 7.40. The maximum atomic E-state index is 12.3. The van der Waals surface area contributed by atoms with Gasteiger partial charge >= 0.3 is 0 Å². The van der Waals surface area contributed by atoms with Crippen LogP contribution in [0.1, 0.15) is 28.9 Å². The highest BCUT2D eigenvalue weighted by Gasteiger charge is 2.28. The summed E-state index contributed by atoms with van der Waals surface area (Å²) in [6.07, 6.45) is 3.96. The van der Waals surface area contributed by atoms with Crippen molar-refractivity contribution in [1.29, 1.82) is 0 Å². The monoisotopic (exact) mass is 398 g/mol. The van der Waals surface area contributed by atoms with Gasteiger partial charge in [-0.15, -0.1) is 12.4 Å². The highest BCUT2D eigenvalue weighted by atomic mass is 79.9. The van der Waals surface area contributed by atoms with Gasteiger partial charge in [0, 0.05) is 17.1 Å². The molecular formula is C16H20BrClN4O. The second-order valence-electron chi connectivity index (χ2n) is 5.75. The Morgan fingerprint density at radius 2 is 2.26 bits per heavy atom. The number of halogens is 2. The van der Waals surface area contributed by atoms with E-state index in [4.69, 9.17) is 5.73 Å². The van der Waals surface area contributed by atoms with Crippen LogP contribution in [-0.2, 0) is 0 Å². The van der Waals surface area contributed by atoms with Crippen molar-refractivity contribution in [2.75, 3.05) is 6.54 Å². The first-order chi connectivity index (χ1) is 10.6. The number of hydrogen-bond donors (Lipinski definition) is 2. The van der Waals surface area contributed by atoms with Crippen LogP contribution in [0.25, 0.3) is 5.69 Å². The van der Waals surface area contributed by atoms with E-state index in [1.165, 1.54) is 12.8 Å². The van der Waals surface area contributed by atoms with Gasteiger partial charge in [-0.2, -0.15) is 5.10 Å². The first-order valence-corrected chi connectivity index (χ1v) is 8.20. The molecule has 2 aromatic rings. The Morgan fingerprint density at radius 1 is 1.52 bits per heavy atom. The highest BCUT2D eigenvalue weighted by molar-refractivity contribution is 9.10. The van der Waals surface area contributed by atoms with Crippen LogP contribution in [0.2, 0.25) is 0 Å². The van der Waals surface area contributed by atoms with Crippen molar-refractivity contribution in [3.05, 3.63) is 46.2 Å². The summed E-state index contributed by atoms with van der Waals surface area (Å²) in [4.78, 5) is 12.3. The molecule has 1 unspecified atom stereocenters. The van der Waals surface area contributed by atoms with E-state index in [0.29, 0.717) is 18.0 Å². The second kappa shape index (κ2) is 7.47. The molecule has 1 aliphatic rings. The van der Waals surface area contributed by atoms with Gasteiger partial charge in [0.15, 0.2) is 0 Å². The van der Waals surface area contributed by atoms with Crippen LogP contribution >= 0.6 is 28.3 Å². The van der Waals surface area contributed by atoms with Gasteiger partial charge in [-0.05, 0) is 43.9 Å². The number of aromatic nitrogens is 2. The van der Waals surface area contributed by atoms with Gasteiger partial charge < -0.3 is 11.1 Å². The van der Waals surface area contributed by atoms with Gasteiger partial charge in [0.1, 0.15) is 0 Å². The molecule has 1 amide bonds. The highest BCUT2D eigenvalue weighted by Crippen LogP contribution is 2.31. The molecule has 1 heterocycles. The predicted molar refractivity (Wildman–Crippen MR) is 96.3 cm³/mol. The maximum absolute atomic E-state index is 12.3. The summed E-state index contributed by atoms with van der Waals surface area (Å²) in [5.74, 6) is 0.459. The van der Waals surface area contributed by atoms with E-state index in [-0.39, 0.29) is 24.4 Å². The molecule has 1 aromatic carbocycles. The van der Waals surface area contributed by atoms with E-state index >= 15 is 0 Å². The van der Waals surface area contributed by atoms with Crippen LogP contribution in [-0.4, -0.2) is 28.3 Å². The number of hydrogen-bond acceptors (Lipinski definition) is 3. The Bertz CT molecular complexity index is 699. The lowest BCUT2D eigenvalue weighted by Crippen LogP contribution is -2.38. The van der Waals surface area contributed by atoms with Gasteiger partial charge in [0.05, 0.1) is 23.1 Å². The Hall–Kier alpha value is -1.37. The predicted octanol–water partition coefficient (Wildman–Crippen LogP) is 2.83. The molecule has 23 heavy (non-hydrogen) atoms. The Labute approximate surface area is 150 Å². The zero-order valence-electron chi connectivity index (χ0n) is 12.8. The summed E-state index contributed by atoms with van der Waals surface area (Å²) < 4.78 is 2.74. The Balaban J connectivity index is 0.00000192. The summed E-state index contributed by atoms with van der Waals surface area (Å²) in [7, 11) is 0. The molecule has 3 N–H and O–H groups in total. The molecular weight excluding hydrogens is 380 g/mol. The van der Waals surface area contributed by atoms with Crippen LogP contribution in [0.4, 0.5) is 0 Å². The largest absolute Gasteiger partial charge is 0.350 e. The van der Waals surface area contributed by atoms with Gasteiger partial charge in [-0.1, -0.05) is 22.0 Å². The van der Waals surface area contributed by atoms with Gasteiger partial charge in [-0.25, -0.2) is 4.68 Å². The molecule has 0 radical (unpaired) electrons. The molecule has 1 aromatic heterocycles. The van der Waals surface area contributed by atoms with E-state index in [9.17, 15) is 4.79 Å². The smallest absolute Gasteiger partial charge is 0.254 e. The van der Waals surface area contributed by atoms with Crippen molar-refractivity contribution in [2.45, 2.75) is 25.8 Å². The van der Waals surface area contributed by atoms with E-state index in [1.807, 2.05) is 31.2 Å². The first kappa shape index (κ1) is 18.0. The van der Waals surface area contributed by atoms with Crippen molar-refractivity contribution in [1.82, 2.24) is 15.1 Å². The quantitative estimate of drug-likeness (QED) is 0.812. The number of nitrogens with zero attached hydrogens (tertiary/aromatic N) is 2. The average molecular weight is 400 g/mol. The van der Waals surface area contributed by atoms with Crippen molar-refractivity contribution in [3.63, 3.8) is 0 Å². The lowest BCUT2D eigenvalue weighted by molar-refractivity contribution is 0.0949. The number of amides is 1. The fourth-order valence-corrected chi connectivity index (χ4v) is 2.88. The Morgan fingerprint density at radius 3 is 2.91 bits per heavy atom. The summed E-state index contributed by atoms with van der Waals surface area (Å²) in [6.45, 7) is 2.41. The zero-order chi connectivity index (χ0) is 15.7. The minimum Gasteiger partial charge on any atom is -0.350 e. The number of nitrogens with two attached hydrogens (primary N) is 1. The van der Waals surface area contributed by atoms with E-state index in [2.05, 4.69) is 26.3 Å². The third-order valence-corrected chi connectivity index (χ3v) is 4.53. The number of rotatable bonds is 5. The minimum absolute atomic E-state index is 0. The lowest BCUT2D eigenvalue weighted by Gasteiger charge is -2.11. The number of carbonyl (C=O) groups is 1. The third-order valence-electron chi connectivity index (χ3n) is 4.03. The van der Waals surface area contributed by atoms with Crippen LogP contribution < -0.4 is 11.1 Å². The Kier molecular flexibility index (Phi) is 5.84. The molecule has 124 valence electrons. The summed E-state index contributed by atoms with van der Waals surface area (Å²) in [5, 5.41) is 7.24. The van der Waals surface area contributed by atoms with Crippen LogP contribution in [0.3, 0.4) is 0 Å². The summed E-state index contributed by atoms with van der Waals surface area (Å²) >= 11 is 3.45. The molecule has 5 nitrogen and oxygen atoms in total.